The second-order valence-electron chi connectivity index (χ2n) is 15.9. The first kappa shape index (κ1) is 34.3. The maximum atomic E-state index is 14.6. The van der Waals surface area contributed by atoms with Gasteiger partial charge in [0.1, 0.15) is 6.10 Å². The number of allylic oxidation sites excluding steroid dienone is 1. The van der Waals surface area contributed by atoms with E-state index >= 15 is 0 Å². The van der Waals surface area contributed by atoms with Crippen LogP contribution in [0.2, 0.25) is 25.2 Å². The third-order valence-electron chi connectivity index (χ3n) is 11.3. The molecule has 3 aliphatic rings. The smallest absolute Gasteiger partial charge is 0.333 e. The van der Waals surface area contributed by atoms with Crippen molar-refractivity contribution in [3.05, 3.63) is 77.9 Å². The van der Waals surface area contributed by atoms with Crippen molar-refractivity contribution in [3.8, 4) is 0 Å². The number of imide groups is 1. The van der Waals surface area contributed by atoms with Crippen molar-refractivity contribution < 1.29 is 19.1 Å². The van der Waals surface area contributed by atoms with Crippen molar-refractivity contribution in [3.63, 3.8) is 0 Å². The Morgan fingerprint density at radius 1 is 0.891 bits per heavy atom. The van der Waals surface area contributed by atoms with Gasteiger partial charge in [-0.2, -0.15) is 0 Å². The van der Waals surface area contributed by atoms with Gasteiger partial charge < -0.3 is 4.74 Å². The van der Waals surface area contributed by atoms with E-state index in [2.05, 4.69) is 77.7 Å². The molecule has 0 bridgehead atoms. The topological polar surface area (TPSA) is 63.7 Å². The molecule has 248 valence electrons. The molecule has 0 unspecified atom stereocenters. The lowest BCUT2D eigenvalue weighted by Crippen LogP contribution is -2.47. The highest BCUT2D eigenvalue weighted by atomic mass is 28.3. The molecule has 0 radical (unpaired) electrons. The number of rotatable bonds is 11. The zero-order valence-electron chi connectivity index (χ0n) is 29.1. The average molecular weight is 642 g/mol. The van der Waals surface area contributed by atoms with Gasteiger partial charge >= 0.3 is 5.97 Å². The van der Waals surface area contributed by atoms with E-state index in [4.69, 9.17) is 4.74 Å². The number of amides is 2. The fraction of sp³-hybridized carbons (Fsp3) is 0.575. The lowest BCUT2D eigenvalue weighted by Gasteiger charge is -2.45. The first-order valence-corrected chi connectivity index (χ1v) is 21.3. The van der Waals surface area contributed by atoms with Crippen LogP contribution in [0.5, 0.6) is 0 Å². The molecule has 0 N–H and O–H groups in total. The number of nitrogens with zero attached hydrogens (tertiary/aromatic N) is 1. The zero-order chi connectivity index (χ0) is 33.2. The monoisotopic (exact) mass is 641 g/mol. The summed E-state index contributed by atoms with van der Waals surface area (Å²) >= 11 is 0. The van der Waals surface area contributed by atoms with Crippen molar-refractivity contribution in [2.24, 2.45) is 29.6 Å². The van der Waals surface area contributed by atoms with Crippen LogP contribution in [0.1, 0.15) is 84.6 Å². The van der Waals surface area contributed by atoms with Gasteiger partial charge in [0.2, 0.25) is 11.8 Å². The zero-order valence-corrected chi connectivity index (χ0v) is 30.1. The van der Waals surface area contributed by atoms with Gasteiger partial charge in [0.15, 0.2) is 0 Å². The number of carbonyl (C=O) groups is 3. The first-order valence-electron chi connectivity index (χ1n) is 17.8. The van der Waals surface area contributed by atoms with Crippen LogP contribution in [0.3, 0.4) is 0 Å². The minimum Gasteiger partial charge on any atom is -0.459 e. The van der Waals surface area contributed by atoms with Gasteiger partial charge in [0, 0.05) is 11.5 Å². The average Bonchev–Trinajstić information content (AvgIpc) is 3.28. The Morgan fingerprint density at radius 3 is 2.15 bits per heavy atom. The summed E-state index contributed by atoms with van der Waals surface area (Å²) in [7, 11) is -2.20. The maximum Gasteiger partial charge on any atom is 0.333 e. The SMILES string of the molecule is CCCCCC[C@@H]1C=C(C(=O)O[C@H]2C[C@@H](C)CC[C@@H]2C(C)(C)c2ccccc2)[C@H]([Si](C)(C)C)[C@@H]2C(=O)N(c3ccccc3)C(=O)[C@@H]21. The molecule has 1 saturated heterocycles. The highest BCUT2D eigenvalue weighted by molar-refractivity contribution is 6.79. The van der Waals surface area contributed by atoms with Crippen LogP contribution < -0.4 is 4.90 Å². The molecule has 0 aromatic heterocycles. The van der Waals surface area contributed by atoms with Crippen molar-refractivity contribution in [2.45, 2.75) is 116 Å². The predicted octanol–water partition coefficient (Wildman–Crippen LogP) is 9.35. The fourth-order valence-corrected chi connectivity index (χ4v) is 11.4. The maximum absolute atomic E-state index is 14.6. The Labute approximate surface area is 278 Å². The number of anilines is 1. The van der Waals surface area contributed by atoms with Gasteiger partial charge in [-0.15, -0.1) is 0 Å². The molecular formula is C40H55NO4Si. The Bertz CT molecular complexity index is 1410. The summed E-state index contributed by atoms with van der Waals surface area (Å²) < 4.78 is 6.67. The van der Waals surface area contributed by atoms with E-state index in [1.807, 2.05) is 36.4 Å². The number of esters is 1. The van der Waals surface area contributed by atoms with Crippen LogP contribution in [-0.4, -0.2) is 32.0 Å². The fourth-order valence-electron chi connectivity index (χ4n) is 8.82. The van der Waals surface area contributed by atoms with Crippen LogP contribution >= 0.6 is 0 Å². The Hall–Kier alpha value is -2.99. The largest absolute Gasteiger partial charge is 0.459 e. The molecule has 7 atom stereocenters. The normalized spacial score (nSPS) is 28.5. The molecule has 2 aromatic carbocycles. The molecule has 1 saturated carbocycles. The summed E-state index contributed by atoms with van der Waals surface area (Å²) in [6.45, 7) is 15.7. The van der Waals surface area contributed by atoms with Gasteiger partial charge in [-0.05, 0) is 59.8 Å². The number of unbranched alkanes of at least 4 members (excludes halogenated alkanes) is 3. The summed E-state index contributed by atoms with van der Waals surface area (Å²) in [6, 6.07) is 19.9. The van der Waals surface area contributed by atoms with E-state index in [-0.39, 0.29) is 46.7 Å². The molecule has 5 rings (SSSR count). The van der Waals surface area contributed by atoms with E-state index < -0.39 is 19.9 Å². The number of fused-ring (bicyclic) bond motifs is 1. The summed E-state index contributed by atoms with van der Waals surface area (Å²) in [6.07, 6.45) is 9.95. The summed E-state index contributed by atoms with van der Waals surface area (Å²) in [4.78, 5) is 44.7. The lowest BCUT2D eigenvalue weighted by atomic mass is 9.64. The number of benzene rings is 2. The van der Waals surface area contributed by atoms with E-state index in [1.54, 1.807) is 0 Å². The Balaban J connectivity index is 1.52. The molecule has 46 heavy (non-hydrogen) atoms. The van der Waals surface area contributed by atoms with Gasteiger partial charge in [-0.3, -0.25) is 14.5 Å². The standard InChI is InChI=1S/C40H55NO4Si/c1-8-9-10-13-18-28-26-31(36(46(5,6)7)35-34(28)37(42)41(38(35)43)30-21-16-12-17-22-30)39(44)45-33-25-27(2)23-24-32(33)40(3,4)29-19-14-11-15-20-29/h11-12,14-17,19-22,26-28,32-36H,8-10,13,18,23-25H2,1-7H3/t27-,28+,32-,33-,34+,35+,36-/m0/s1. The Morgan fingerprint density at radius 2 is 1.52 bits per heavy atom. The van der Waals surface area contributed by atoms with E-state index in [9.17, 15) is 14.4 Å². The quantitative estimate of drug-likeness (QED) is 0.106. The molecule has 6 heteroatoms. The third kappa shape index (κ3) is 6.83. The van der Waals surface area contributed by atoms with E-state index in [0.29, 0.717) is 17.2 Å². The summed E-state index contributed by atoms with van der Waals surface area (Å²) in [5, 5.41) is 0. The van der Waals surface area contributed by atoms with Crippen LogP contribution in [0.15, 0.2) is 72.3 Å². The van der Waals surface area contributed by atoms with Crippen LogP contribution in [0, 0.1) is 29.6 Å². The van der Waals surface area contributed by atoms with E-state index in [1.165, 1.54) is 10.5 Å². The van der Waals surface area contributed by atoms with Crippen molar-refractivity contribution in [1.82, 2.24) is 0 Å². The number of para-hydroxylation sites is 1. The molecule has 1 heterocycles. The van der Waals surface area contributed by atoms with Crippen LogP contribution in [0.25, 0.3) is 0 Å². The molecule has 2 fully saturated rings. The van der Waals surface area contributed by atoms with Gasteiger partial charge in [0.05, 0.1) is 25.6 Å². The number of carbonyl (C=O) groups excluding carboxylic acids is 3. The van der Waals surface area contributed by atoms with Crippen molar-refractivity contribution in [2.75, 3.05) is 4.90 Å². The molecule has 5 nitrogen and oxygen atoms in total. The van der Waals surface area contributed by atoms with Gasteiger partial charge in [-0.1, -0.05) is 134 Å². The number of ether oxygens (including phenoxy) is 1. The van der Waals surface area contributed by atoms with Gasteiger partial charge in [-0.25, -0.2) is 4.79 Å². The second-order valence-corrected chi connectivity index (χ2v) is 21.3. The highest BCUT2D eigenvalue weighted by Crippen LogP contribution is 2.54. The summed E-state index contributed by atoms with van der Waals surface area (Å²) in [5.41, 5.74) is 2.09. The first-order chi connectivity index (χ1) is 21.9. The molecule has 0 spiro atoms. The molecular weight excluding hydrogens is 587 g/mol. The lowest BCUT2D eigenvalue weighted by molar-refractivity contribution is -0.152. The number of hydrogen-bond acceptors (Lipinski definition) is 4. The van der Waals surface area contributed by atoms with Crippen LogP contribution in [-0.2, 0) is 24.5 Å². The highest BCUT2D eigenvalue weighted by Gasteiger charge is 2.60. The summed E-state index contributed by atoms with van der Waals surface area (Å²) in [5.74, 6) is -1.02. The van der Waals surface area contributed by atoms with Crippen LogP contribution in [0.4, 0.5) is 5.69 Å². The molecule has 2 aliphatic carbocycles. The minimum absolute atomic E-state index is 0.112. The van der Waals surface area contributed by atoms with E-state index in [0.717, 1.165) is 51.4 Å². The third-order valence-corrected chi connectivity index (χ3v) is 13.8. The number of hydrogen-bond donors (Lipinski definition) is 0. The van der Waals surface area contributed by atoms with Gasteiger partial charge in [0.25, 0.3) is 0 Å². The molecule has 2 amide bonds. The second kappa shape index (κ2) is 14.0. The Kier molecular flexibility index (Phi) is 10.5. The predicted molar refractivity (Wildman–Crippen MR) is 189 cm³/mol. The molecule has 2 aromatic rings. The van der Waals surface area contributed by atoms with Crippen molar-refractivity contribution >= 4 is 31.5 Å². The minimum atomic E-state index is -2.20. The van der Waals surface area contributed by atoms with Crippen molar-refractivity contribution in [1.29, 1.82) is 0 Å². The molecule has 1 aliphatic heterocycles.